The van der Waals surface area contributed by atoms with Crippen LogP contribution in [0.3, 0.4) is 0 Å². The predicted molar refractivity (Wildman–Crippen MR) is 95.7 cm³/mol. The quantitative estimate of drug-likeness (QED) is 0.616. The first kappa shape index (κ1) is 16.4. The topological polar surface area (TPSA) is 9.23 Å². The molecule has 0 amide bonds. The normalized spacial score (nSPS) is 12.3. The average Bonchev–Trinajstić information content (AvgIpc) is 2.85. The highest BCUT2D eigenvalue weighted by molar-refractivity contribution is 7.99. The molecule has 0 spiro atoms. The summed E-state index contributed by atoms with van der Waals surface area (Å²) in [6.45, 7) is 7.43. The Kier molecular flexibility index (Phi) is 6.65. The van der Waals surface area contributed by atoms with Crippen LogP contribution in [0.15, 0.2) is 35.7 Å². The van der Waals surface area contributed by atoms with Crippen LogP contribution in [0.1, 0.15) is 37.0 Å². The molecule has 114 valence electrons. The summed E-state index contributed by atoms with van der Waals surface area (Å²) in [5.74, 6) is 1.05. The Hall–Kier alpha value is -0.930. The number of thiophene rings is 1. The first-order valence-corrected chi connectivity index (χ1v) is 9.48. The predicted octanol–water partition coefficient (Wildman–Crippen LogP) is 5.71. The maximum Gasteiger partial charge on any atom is 0.177 e. The standard InChI is InChI=1S/C18H24OS2/c1-4-8-17-14(2)12-21-18(17)19-11-15(3)20-13-16-9-6-5-7-10-16/h5-7,9-10,12,15H,4,8,11,13H2,1-3H3. The van der Waals surface area contributed by atoms with Crippen molar-refractivity contribution in [2.24, 2.45) is 0 Å². The van der Waals surface area contributed by atoms with Gasteiger partial charge in [-0.1, -0.05) is 43.7 Å². The van der Waals surface area contributed by atoms with E-state index in [-0.39, 0.29) is 0 Å². The summed E-state index contributed by atoms with van der Waals surface area (Å²) in [6, 6.07) is 10.6. The Morgan fingerprint density at radius 1 is 1.24 bits per heavy atom. The van der Waals surface area contributed by atoms with E-state index in [1.165, 1.54) is 23.1 Å². The Bertz CT molecular complexity index is 533. The fourth-order valence-corrected chi connectivity index (χ4v) is 3.97. The minimum absolute atomic E-state index is 0.502. The van der Waals surface area contributed by atoms with Crippen molar-refractivity contribution in [3.8, 4) is 5.06 Å². The Labute approximate surface area is 136 Å². The van der Waals surface area contributed by atoms with Crippen molar-refractivity contribution in [3.63, 3.8) is 0 Å². The lowest BCUT2D eigenvalue weighted by atomic mass is 10.1. The summed E-state index contributed by atoms with van der Waals surface area (Å²) in [4.78, 5) is 0. The van der Waals surface area contributed by atoms with E-state index in [0.29, 0.717) is 5.25 Å². The lowest BCUT2D eigenvalue weighted by molar-refractivity contribution is 0.328. The molecule has 3 heteroatoms. The van der Waals surface area contributed by atoms with E-state index in [1.807, 2.05) is 11.8 Å². The third kappa shape index (κ3) is 5.08. The zero-order chi connectivity index (χ0) is 15.1. The second-order valence-corrected chi connectivity index (χ2v) is 7.62. The summed E-state index contributed by atoms with van der Waals surface area (Å²) >= 11 is 3.70. The summed E-state index contributed by atoms with van der Waals surface area (Å²) in [5.41, 5.74) is 4.16. The van der Waals surface area contributed by atoms with E-state index < -0.39 is 0 Å². The van der Waals surface area contributed by atoms with E-state index >= 15 is 0 Å². The minimum atomic E-state index is 0.502. The molecule has 0 saturated carbocycles. The van der Waals surface area contributed by atoms with Gasteiger partial charge >= 0.3 is 0 Å². The van der Waals surface area contributed by atoms with Crippen LogP contribution in [0.5, 0.6) is 5.06 Å². The van der Waals surface area contributed by atoms with Gasteiger partial charge in [-0.3, -0.25) is 0 Å². The van der Waals surface area contributed by atoms with Crippen LogP contribution < -0.4 is 4.74 Å². The van der Waals surface area contributed by atoms with Gasteiger partial charge in [0.1, 0.15) is 6.61 Å². The number of hydrogen-bond donors (Lipinski definition) is 0. The number of benzene rings is 1. The second-order valence-electron chi connectivity index (χ2n) is 5.35. The highest BCUT2D eigenvalue weighted by atomic mass is 32.2. The van der Waals surface area contributed by atoms with E-state index in [9.17, 15) is 0 Å². The molecule has 0 fully saturated rings. The van der Waals surface area contributed by atoms with E-state index in [2.05, 4.69) is 56.5 Å². The van der Waals surface area contributed by atoms with Gasteiger partial charge in [0, 0.05) is 16.6 Å². The van der Waals surface area contributed by atoms with Gasteiger partial charge in [-0.2, -0.15) is 11.8 Å². The van der Waals surface area contributed by atoms with Crippen LogP contribution in [-0.2, 0) is 12.2 Å². The van der Waals surface area contributed by atoms with Gasteiger partial charge < -0.3 is 4.74 Å². The molecular formula is C18H24OS2. The van der Waals surface area contributed by atoms with Crippen LogP contribution >= 0.6 is 23.1 Å². The molecular weight excluding hydrogens is 296 g/mol. The van der Waals surface area contributed by atoms with Crippen molar-refractivity contribution >= 4 is 23.1 Å². The molecule has 1 aromatic carbocycles. The number of rotatable bonds is 8. The van der Waals surface area contributed by atoms with E-state index in [0.717, 1.165) is 23.8 Å². The van der Waals surface area contributed by atoms with Crippen LogP contribution in [0.2, 0.25) is 0 Å². The van der Waals surface area contributed by atoms with Crippen LogP contribution in [0.25, 0.3) is 0 Å². The molecule has 21 heavy (non-hydrogen) atoms. The molecule has 1 atom stereocenters. The molecule has 1 heterocycles. The molecule has 0 radical (unpaired) electrons. The molecule has 0 aliphatic heterocycles. The average molecular weight is 321 g/mol. The Balaban J connectivity index is 1.80. The zero-order valence-electron chi connectivity index (χ0n) is 13.1. The molecule has 0 aliphatic carbocycles. The van der Waals surface area contributed by atoms with Gasteiger partial charge in [-0.05, 0) is 36.8 Å². The third-order valence-corrected chi connectivity index (χ3v) is 5.65. The van der Waals surface area contributed by atoms with Gasteiger partial charge in [-0.15, -0.1) is 11.3 Å². The molecule has 0 bridgehead atoms. The van der Waals surface area contributed by atoms with Crippen molar-refractivity contribution in [3.05, 3.63) is 52.4 Å². The number of hydrogen-bond acceptors (Lipinski definition) is 3. The third-order valence-electron chi connectivity index (χ3n) is 3.39. The van der Waals surface area contributed by atoms with Gasteiger partial charge in [0.2, 0.25) is 0 Å². The second kappa shape index (κ2) is 8.50. The highest BCUT2D eigenvalue weighted by Crippen LogP contribution is 2.32. The number of aryl methyl sites for hydroxylation is 1. The molecule has 0 aliphatic rings. The molecule has 2 rings (SSSR count). The van der Waals surface area contributed by atoms with E-state index in [1.54, 1.807) is 11.3 Å². The highest BCUT2D eigenvalue weighted by Gasteiger charge is 2.11. The molecule has 0 saturated heterocycles. The Morgan fingerprint density at radius 3 is 2.71 bits per heavy atom. The van der Waals surface area contributed by atoms with Crippen molar-refractivity contribution in [2.75, 3.05) is 6.61 Å². The van der Waals surface area contributed by atoms with Gasteiger partial charge in [-0.25, -0.2) is 0 Å². The van der Waals surface area contributed by atoms with Crippen molar-refractivity contribution in [2.45, 2.75) is 44.6 Å². The summed E-state index contributed by atoms with van der Waals surface area (Å²) < 4.78 is 6.06. The van der Waals surface area contributed by atoms with Gasteiger partial charge in [0.05, 0.1) is 0 Å². The van der Waals surface area contributed by atoms with E-state index in [4.69, 9.17) is 4.74 Å². The molecule has 2 aromatic rings. The lowest BCUT2D eigenvalue weighted by Gasteiger charge is -2.13. The zero-order valence-corrected chi connectivity index (χ0v) is 14.7. The van der Waals surface area contributed by atoms with Gasteiger partial charge in [0.15, 0.2) is 5.06 Å². The maximum absolute atomic E-state index is 6.06. The lowest BCUT2D eigenvalue weighted by Crippen LogP contribution is -2.11. The van der Waals surface area contributed by atoms with Crippen molar-refractivity contribution < 1.29 is 4.74 Å². The summed E-state index contributed by atoms with van der Waals surface area (Å²) in [7, 11) is 0. The van der Waals surface area contributed by atoms with Crippen LogP contribution in [0.4, 0.5) is 0 Å². The monoisotopic (exact) mass is 320 g/mol. The fourth-order valence-electron chi connectivity index (χ4n) is 2.17. The first-order valence-electron chi connectivity index (χ1n) is 7.56. The summed E-state index contributed by atoms with van der Waals surface area (Å²) in [5, 5.41) is 3.84. The summed E-state index contributed by atoms with van der Waals surface area (Å²) in [6.07, 6.45) is 2.29. The maximum atomic E-state index is 6.06. The van der Waals surface area contributed by atoms with Crippen LogP contribution in [-0.4, -0.2) is 11.9 Å². The van der Waals surface area contributed by atoms with Crippen molar-refractivity contribution in [1.82, 2.24) is 0 Å². The SMILES string of the molecule is CCCc1c(C)csc1OCC(C)SCc1ccccc1. The van der Waals surface area contributed by atoms with Crippen LogP contribution in [0, 0.1) is 6.92 Å². The molecule has 1 aromatic heterocycles. The van der Waals surface area contributed by atoms with Crippen molar-refractivity contribution in [1.29, 1.82) is 0 Å². The first-order chi connectivity index (χ1) is 10.2. The molecule has 1 unspecified atom stereocenters. The molecule has 1 nitrogen and oxygen atoms in total. The minimum Gasteiger partial charge on any atom is -0.483 e. The smallest absolute Gasteiger partial charge is 0.177 e. The molecule has 0 N–H and O–H groups in total. The number of ether oxygens (including phenoxy) is 1. The van der Waals surface area contributed by atoms with Gasteiger partial charge in [0.25, 0.3) is 0 Å². The largest absolute Gasteiger partial charge is 0.483 e. The number of thioether (sulfide) groups is 1. The fraction of sp³-hybridized carbons (Fsp3) is 0.444. The Morgan fingerprint density at radius 2 is 2.00 bits per heavy atom.